The normalized spacial score (nSPS) is 11.1. The highest BCUT2D eigenvalue weighted by Crippen LogP contribution is 2.28. The van der Waals surface area contributed by atoms with Gasteiger partial charge in [-0.05, 0) is 55.8 Å². The van der Waals surface area contributed by atoms with E-state index < -0.39 is 33.6 Å². The maximum Gasteiger partial charge on any atom is 0.341 e. The maximum atomic E-state index is 14.0. The summed E-state index contributed by atoms with van der Waals surface area (Å²) in [6.45, 7) is 3.22. The molecule has 0 heterocycles. The van der Waals surface area contributed by atoms with E-state index in [0.717, 1.165) is 12.1 Å². The summed E-state index contributed by atoms with van der Waals surface area (Å²) in [6.07, 6.45) is 0. The molecule has 10 heteroatoms. The van der Waals surface area contributed by atoms with Crippen LogP contribution in [0.2, 0.25) is 0 Å². The van der Waals surface area contributed by atoms with Crippen molar-refractivity contribution in [1.82, 2.24) is 0 Å². The van der Waals surface area contributed by atoms with Gasteiger partial charge in [0.05, 0.1) is 34.9 Å². The molecule has 0 fully saturated rings. The zero-order chi connectivity index (χ0) is 24.9. The van der Waals surface area contributed by atoms with Crippen molar-refractivity contribution in [3.63, 3.8) is 0 Å². The number of hydrogen-bond acceptors (Lipinski definition) is 6. The van der Waals surface area contributed by atoms with Crippen molar-refractivity contribution in [2.45, 2.75) is 18.7 Å². The van der Waals surface area contributed by atoms with E-state index in [-0.39, 0.29) is 40.5 Å². The Labute approximate surface area is 195 Å². The van der Waals surface area contributed by atoms with E-state index in [2.05, 4.69) is 4.72 Å². The van der Waals surface area contributed by atoms with Crippen molar-refractivity contribution in [2.24, 2.45) is 0 Å². The third kappa shape index (κ3) is 5.40. The Hall–Kier alpha value is -3.79. The lowest BCUT2D eigenvalue weighted by Crippen LogP contribution is -2.20. The first-order valence-corrected chi connectivity index (χ1v) is 11.7. The number of halogens is 2. The molecule has 7 nitrogen and oxygen atoms in total. The highest BCUT2D eigenvalue weighted by molar-refractivity contribution is 7.92. The number of rotatable bonds is 8. The number of nitrogens with one attached hydrogen (secondary N) is 1. The summed E-state index contributed by atoms with van der Waals surface area (Å²) in [5, 5.41) is 0. The molecule has 0 saturated heterocycles. The maximum absolute atomic E-state index is 14.0. The minimum absolute atomic E-state index is 0.00356. The molecule has 0 atom stereocenters. The molecule has 34 heavy (non-hydrogen) atoms. The molecule has 1 N–H and O–H groups in total. The number of benzene rings is 3. The van der Waals surface area contributed by atoms with Gasteiger partial charge in [-0.2, -0.15) is 0 Å². The summed E-state index contributed by atoms with van der Waals surface area (Å²) in [5.41, 5.74) is -0.158. The van der Waals surface area contributed by atoms with Crippen molar-refractivity contribution >= 4 is 27.6 Å². The van der Waals surface area contributed by atoms with E-state index in [9.17, 15) is 26.8 Å². The third-order valence-electron chi connectivity index (χ3n) is 4.69. The summed E-state index contributed by atoms with van der Waals surface area (Å²) in [6, 6.07) is 12.3. The van der Waals surface area contributed by atoms with Crippen molar-refractivity contribution < 1.29 is 36.3 Å². The van der Waals surface area contributed by atoms with Gasteiger partial charge in [0.15, 0.2) is 0 Å². The molecule has 3 aromatic rings. The first kappa shape index (κ1) is 24.8. The standard InChI is InChI=1S/C24H21F2NO6S/c1-3-32-23(28)19-6-5-7-21(22(19)24(29)33-4-2)27-34(30,31)17-11-8-15(9-12-17)18-13-10-16(25)14-20(18)26/h5-14,27H,3-4H2,1-2H3. The predicted octanol–water partition coefficient (Wildman–Crippen LogP) is 4.79. The second-order valence-electron chi connectivity index (χ2n) is 6.92. The lowest BCUT2D eigenvalue weighted by Gasteiger charge is -2.15. The van der Waals surface area contributed by atoms with Gasteiger partial charge in [-0.25, -0.2) is 26.8 Å². The topological polar surface area (TPSA) is 98.8 Å². The van der Waals surface area contributed by atoms with Crippen molar-refractivity contribution in [2.75, 3.05) is 17.9 Å². The van der Waals surface area contributed by atoms with E-state index >= 15 is 0 Å². The molecule has 0 aromatic heterocycles. The van der Waals surface area contributed by atoms with Crippen LogP contribution in [0.25, 0.3) is 11.1 Å². The lowest BCUT2D eigenvalue weighted by atomic mass is 10.1. The third-order valence-corrected chi connectivity index (χ3v) is 6.07. The van der Waals surface area contributed by atoms with Crippen LogP contribution in [-0.2, 0) is 19.5 Å². The summed E-state index contributed by atoms with van der Waals surface area (Å²) < 4.78 is 65.5. The van der Waals surface area contributed by atoms with Gasteiger partial charge in [0.2, 0.25) is 0 Å². The van der Waals surface area contributed by atoms with E-state index in [1.165, 1.54) is 48.5 Å². The van der Waals surface area contributed by atoms with Gasteiger partial charge in [0, 0.05) is 11.6 Å². The van der Waals surface area contributed by atoms with Gasteiger partial charge in [-0.15, -0.1) is 0 Å². The molecule has 0 saturated carbocycles. The molecule has 0 amide bonds. The van der Waals surface area contributed by atoms with Crippen LogP contribution in [-0.4, -0.2) is 33.6 Å². The molecule has 178 valence electrons. The Kier molecular flexibility index (Phi) is 7.62. The molecule has 0 aliphatic heterocycles. The Morgan fingerprint density at radius 1 is 0.882 bits per heavy atom. The second-order valence-corrected chi connectivity index (χ2v) is 8.61. The van der Waals surface area contributed by atoms with E-state index in [0.29, 0.717) is 5.56 Å². The van der Waals surface area contributed by atoms with Crippen LogP contribution in [0.3, 0.4) is 0 Å². The van der Waals surface area contributed by atoms with Gasteiger partial charge in [0.1, 0.15) is 11.6 Å². The van der Waals surface area contributed by atoms with Gasteiger partial charge in [-0.3, -0.25) is 4.72 Å². The van der Waals surface area contributed by atoms with Crippen LogP contribution in [0.15, 0.2) is 65.6 Å². The van der Waals surface area contributed by atoms with Crippen LogP contribution in [0.5, 0.6) is 0 Å². The average Bonchev–Trinajstić information content (AvgIpc) is 2.79. The molecule has 3 rings (SSSR count). The Morgan fingerprint density at radius 2 is 1.53 bits per heavy atom. The fourth-order valence-corrected chi connectivity index (χ4v) is 4.25. The number of carbonyl (C=O) groups excluding carboxylic acids is 2. The predicted molar refractivity (Wildman–Crippen MR) is 121 cm³/mol. The van der Waals surface area contributed by atoms with Crippen LogP contribution in [0.4, 0.5) is 14.5 Å². The SMILES string of the molecule is CCOC(=O)c1cccc(NS(=O)(=O)c2ccc(-c3ccc(F)cc3F)cc2)c1C(=O)OCC. The lowest BCUT2D eigenvalue weighted by molar-refractivity contribution is 0.0480. The van der Waals surface area contributed by atoms with Gasteiger partial charge < -0.3 is 9.47 Å². The van der Waals surface area contributed by atoms with Crippen molar-refractivity contribution in [3.05, 3.63) is 83.4 Å². The number of carbonyl (C=O) groups is 2. The summed E-state index contributed by atoms with van der Waals surface area (Å²) in [4.78, 5) is 24.7. The van der Waals surface area contributed by atoms with Crippen molar-refractivity contribution in [1.29, 1.82) is 0 Å². The van der Waals surface area contributed by atoms with E-state index in [1.807, 2.05) is 0 Å². The Bertz CT molecular complexity index is 1320. The molecule has 0 spiro atoms. The summed E-state index contributed by atoms with van der Waals surface area (Å²) in [5.74, 6) is -3.22. The molecular weight excluding hydrogens is 468 g/mol. The number of sulfonamides is 1. The first-order chi connectivity index (χ1) is 16.2. The summed E-state index contributed by atoms with van der Waals surface area (Å²) in [7, 11) is -4.22. The monoisotopic (exact) mass is 489 g/mol. The van der Waals surface area contributed by atoms with Crippen LogP contribution in [0, 0.1) is 11.6 Å². The van der Waals surface area contributed by atoms with E-state index in [1.54, 1.807) is 13.8 Å². The fourth-order valence-electron chi connectivity index (χ4n) is 3.18. The number of ether oxygens (including phenoxy) is 2. The largest absolute Gasteiger partial charge is 0.462 e. The minimum atomic E-state index is -4.22. The molecule has 0 radical (unpaired) electrons. The first-order valence-electron chi connectivity index (χ1n) is 10.2. The van der Waals surface area contributed by atoms with Crippen LogP contribution in [0.1, 0.15) is 34.6 Å². The number of hydrogen-bond donors (Lipinski definition) is 1. The quantitative estimate of drug-likeness (QED) is 0.457. The summed E-state index contributed by atoms with van der Waals surface area (Å²) >= 11 is 0. The Morgan fingerprint density at radius 3 is 2.15 bits per heavy atom. The molecule has 0 aliphatic carbocycles. The van der Waals surface area contributed by atoms with Crippen molar-refractivity contribution in [3.8, 4) is 11.1 Å². The second kappa shape index (κ2) is 10.4. The number of anilines is 1. The molecule has 3 aromatic carbocycles. The number of esters is 2. The molecule has 0 bridgehead atoms. The minimum Gasteiger partial charge on any atom is -0.462 e. The van der Waals surface area contributed by atoms with E-state index in [4.69, 9.17) is 9.47 Å². The average molecular weight is 489 g/mol. The van der Waals surface area contributed by atoms with Gasteiger partial charge >= 0.3 is 11.9 Å². The highest BCUT2D eigenvalue weighted by atomic mass is 32.2. The molecule has 0 aliphatic rings. The fraction of sp³-hybridized carbons (Fsp3) is 0.167. The zero-order valence-corrected chi connectivity index (χ0v) is 19.1. The smallest absolute Gasteiger partial charge is 0.341 e. The molecular formula is C24H21F2NO6S. The van der Waals surface area contributed by atoms with Crippen LogP contribution < -0.4 is 4.72 Å². The van der Waals surface area contributed by atoms with Crippen LogP contribution >= 0.6 is 0 Å². The van der Waals surface area contributed by atoms with Gasteiger partial charge in [0.25, 0.3) is 10.0 Å². The Balaban J connectivity index is 1.97. The zero-order valence-electron chi connectivity index (χ0n) is 18.3. The van der Waals surface area contributed by atoms with Gasteiger partial charge in [-0.1, -0.05) is 18.2 Å². The highest BCUT2D eigenvalue weighted by Gasteiger charge is 2.26. The molecule has 0 unspecified atom stereocenters.